The predicted octanol–water partition coefficient (Wildman–Crippen LogP) is -0.0517. The van der Waals surface area contributed by atoms with E-state index in [-0.39, 0.29) is 41.2 Å². The first-order chi connectivity index (χ1) is 1.00. The van der Waals surface area contributed by atoms with Crippen LogP contribution in [0.25, 0.3) is 0 Å². The molecule has 0 atom stereocenters. The van der Waals surface area contributed by atoms with Crippen LogP contribution in [0.3, 0.4) is 0 Å². The average Bonchev–Trinajstić information content (AvgIpc) is 1.00. The third-order valence-corrected chi connectivity index (χ3v) is 0. The summed E-state index contributed by atoms with van der Waals surface area (Å²) in [5.74, 6) is 0. The van der Waals surface area contributed by atoms with Crippen LogP contribution in [0.1, 0.15) is 0 Å². The molecule has 0 aliphatic rings. The van der Waals surface area contributed by atoms with Crippen LogP contribution in [0.4, 0.5) is 0 Å². The summed E-state index contributed by atoms with van der Waals surface area (Å²) in [5.41, 5.74) is 4.50. The molecule has 0 bridgehead atoms. The molecule has 0 aromatic rings. The molecule has 18 valence electrons. The second-order valence-electron chi connectivity index (χ2n) is 0. The van der Waals surface area contributed by atoms with Crippen molar-refractivity contribution in [2.45, 2.75) is 0 Å². The Bertz CT molecular complexity index is 8.00. The summed E-state index contributed by atoms with van der Waals surface area (Å²) in [4.78, 5) is 7.50. The Labute approximate surface area is 51.8 Å². The van der Waals surface area contributed by atoms with Gasteiger partial charge in [0.05, 0.1) is 0 Å². The quantitative estimate of drug-likeness (QED) is 0.363. The zero-order chi connectivity index (χ0) is 2.00. The van der Waals surface area contributed by atoms with E-state index in [1.807, 2.05) is 0 Å². The van der Waals surface area contributed by atoms with E-state index in [4.69, 9.17) is 4.91 Å². The zero-order valence-electron chi connectivity index (χ0n) is 2.36. The molecule has 2 nitrogen and oxygen atoms in total. The Hall–Kier alpha value is 0.938. The summed E-state index contributed by atoms with van der Waals surface area (Å²) in [5, 5.41) is 0. The van der Waals surface area contributed by atoms with Crippen LogP contribution in [-0.2, 0) is 22.4 Å². The molecule has 2 radical (unpaired) electrons. The topological polar surface area (TPSA) is 40.9 Å². The molecule has 0 fully saturated rings. The molecule has 0 aromatic carbocycles. The van der Waals surface area contributed by atoms with Crippen molar-refractivity contribution in [3.63, 3.8) is 0 Å². The molecule has 0 amide bonds. The third-order valence-electron chi connectivity index (χ3n) is 0. The van der Waals surface area contributed by atoms with Gasteiger partial charge in [-0.1, -0.05) is 5.59 Å². The maximum absolute atomic E-state index is 7.50. The second kappa shape index (κ2) is 38.6. The van der Waals surface area contributed by atoms with Crippen molar-refractivity contribution in [1.29, 1.82) is 5.59 Å². The van der Waals surface area contributed by atoms with Crippen LogP contribution in [0.5, 0.6) is 0 Å². The van der Waals surface area contributed by atoms with Crippen LogP contribution in [0.2, 0.25) is 0 Å². The molecule has 0 rings (SSSR count). The van der Waals surface area contributed by atoms with E-state index in [0.29, 0.717) is 0 Å². The van der Waals surface area contributed by atoms with Crippen molar-refractivity contribution < 1.29 is 22.4 Å². The van der Waals surface area contributed by atoms with Gasteiger partial charge in [-0.2, -0.15) is 4.91 Å². The molecule has 0 aliphatic heterocycles. The van der Waals surface area contributed by atoms with Gasteiger partial charge in [0.2, 0.25) is 0 Å². The van der Waals surface area contributed by atoms with Crippen molar-refractivity contribution in [3.8, 4) is 0 Å². The summed E-state index contributed by atoms with van der Waals surface area (Å²) in [7, 11) is 0. The van der Waals surface area contributed by atoms with Gasteiger partial charge in [-0.15, -0.1) is 0 Å². The molecule has 0 saturated heterocycles. The number of hydrogen-bond donors (Lipinski definition) is 1. The van der Waals surface area contributed by atoms with Gasteiger partial charge < -0.3 is 0 Å². The first kappa shape index (κ1) is 20.4. The molecule has 4 heteroatoms. The zero-order valence-corrected chi connectivity index (χ0v) is 4.55. The van der Waals surface area contributed by atoms with E-state index in [1.54, 1.807) is 0 Å². The fraction of sp³-hybridized carbons (Fsp3) is 0. The smallest absolute Gasteiger partial charge is 0 e. The van der Waals surface area contributed by atoms with Crippen molar-refractivity contribution in [3.05, 3.63) is 4.91 Å². The molecule has 0 heterocycles. The maximum Gasteiger partial charge on any atom is 0 e. The van der Waals surface area contributed by atoms with Crippen molar-refractivity contribution in [2.24, 2.45) is 0 Å². The normalized spacial score (nSPS) is 1.00. The van der Waals surface area contributed by atoms with Crippen molar-refractivity contribution in [2.75, 3.05) is 0 Å². The molecule has 0 spiro atoms. The SMILES string of the molecule is N=O.[Li].[Nb]. The van der Waals surface area contributed by atoms with Crippen molar-refractivity contribution >= 4 is 18.9 Å². The summed E-state index contributed by atoms with van der Waals surface area (Å²) in [6.45, 7) is 0. The third kappa shape index (κ3) is 12.5. The van der Waals surface area contributed by atoms with Gasteiger partial charge >= 0.3 is 0 Å². The van der Waals surface area contributed by atoms with Crippen LogP contribution in [0.15, 0.2) is 0 Å². The summed E-state index contributed by atoms with van der Waals surface area (Å²) >= 11 is 0. The first-order valence-electron chi connectivity index (χ1n) is 0.204. The Morgan fingerprint density at radius 1 is 1.25 bits per heavy atom. The van der Waals surface area contributed by atoms with E-state index < -0.39 is 0 Å². The fourth-order valence-corrected chi connectivity index (χ4v) is 0. The number of rotatable bonds is 0. The Kier molecular flexibility index (Phi) is 197. The second-order valence-corrected chi connectivity index (χ2v) is 0. The Balaban J connectivity index is -0.00000000500. The summed E-state index contributed by atoms with van der Waals surface area (Å²) in [6, 6.07) is 0. The molecule has 0 aromatic heterocycles. The van der Waals surface area contributed by atoms with Gasteiger partial charge in [-0.25, -0.2) is 0 Å². The largest absolute Gasteiger partial charge is 0.154 e. The number of nitrogens with one attached hydrogen (secondary N) is 1. The summed E-state index contributed by atoms with van der Waals surface area (Å²) in [6.07, 6.45) is 0. The fourth-order valence-electron chi connectivity index (χ4n) is 0. The minimum absolute atomic E-state index is 0. The van der Waals surface area contributed by atoms with Crippen LogP contribution < -0.4 is 0 Å². The van der Waals surface area contributed by atoms with E-state index in [1.165, 1.54) is 0 Å². The molecule has 4 heavy (non-hydrogen) atoms. The van der Waals surface area contributed by atoms with Crippen LogP contribution >= 0.6 is 0 Å². The molecular formula is HLiNNbO. The number of nitroso groups, excluding NO2 is 1. The first-order valence-corrected chi connectivity index (χ1v) is 0.204. The summed E-state index contributed by atoms with van der Waals surface area (Å²) < 4.78 is 0. The average molecular weight is 131 g/mol. The van der Waals surface area contributed by atoms with Gasteiger partial charge in [0.1, 0.15) is 0 Å². The van der Waals surface area contributed by atoms with Crippen molar-refractivity contribution in [1.82, 2.24) is 0 Å². The van der Waals surface area contributed by atoms with Gasteiger partial charge in [0.25, 0.3) is 0 Å². The molecule has 1 N–H and O–H groups in total. The standard InChI is InChI=1S/Li.HNO.Nb/c;1-2;/h;1H;. The molecule has 0 aliphatic carbocycles. The van der Waals surface area contributed by atoms with Crippen LogP contribution in [0, 0.1) is 10.5 Å². The van der Waals surface area contributed by atoms with E-state index in [0.717, 1.165) is 0 Å². The van der Waals surface area contributed by atoms with E-state index >= 15 is 0 Å². The minimum Gasteiger partial charge on any atom is -0.154 e. The maximum atomic E-state index is 7.50. The van der Waals surface area contributed by atoms with Crippen LogP contribution in [-0.4, -0.2) is 18.9 Å². The Morgan fingerprint density at radius 3 is 1.25 bits per heavy atom. The van der Waals surface area contributed by atoms with E-state index in [2.05, 4.69) is 5.59 Å². The van der Waals surface area contributed by atoms with Gasteiger partial charge in [-0.3, -0.25) is 0 Å². The minimum atomic E-state index is 0. The van der Waals surface area contributed by atoms with Gasteiger partial charge in [-0.05, 0) is 0 Å². The molecular weight excluding hydrogens is 130 g/mol. The Morgan fingerprint density at radius 2 is 1.25 bits per heavy atom. The molecule has 0 saturated carbocycles. The predicted molar refractivity (Wildman–Crippen MR) is 11.8 cm³/mol. The van der Waals surface area contributed by atoms with Gasteiger partial charge in [0.15, 0.2) is 0 Å². The van der Waals surface area contributed by atoms with Gasteiger partial charge in [0, 0.05) is 41.2 Å². The molecule has 0 unspecified atom stereocenters. The monoisotopic (exact) mass is 131 g/mol. The number of hydrogen-bond acceptors (Lipinski definition) is 2. The van der Waals surface area contributed by atoms with E-state index in [9.17, 15) is 0 Å².